The van der Waals surface area contributed by atoms with E-state index in [-0.39, 0.29) is 18.5 Å². The van der Waals surface area contributed by atoms with Crippen molar-refractivity contribution in [1.82, 2.24) is 10.7 Å². The first-order valence-corrected chi connectivity index (χ1v) is 9.38. The van der Waals surface area contributed by atoms with E-state index in [1.165, 1.54) is 5.01 Å². The molecule has 0 aliphatic heterocycles. The molecule has 150 valence electrons. The van der Waals surface area contributed by atoms with E-state index < -0.39 is 11.7 Å². The van der Waals surface area contributed by atoms with Crippen LogP contribution in [0.25, 0.3) is 0 Å². The number of para-hydroxylation sites is 1. The highest BCUT2D eigenvalue weighted by Crippen LogP contribution is 2.17. The molecule has 2 amide bonds. The number of nitrogens with zero attached hydrogens (tertiary/aromatic N) is 1. The first kappa shape index (κ1) is 21.4. The molecule has 6 nitrogen and oxygen atoms in total. The molecule has 0 fully saturated rings. The standard InChI is InChI=1S/C22H29N3O3/c1-16(2)24-20(26)19-14-10-9-11-17(19)15-23-25(18-12-7-6-8-13-18)21(27)28-22(3,4)5/h6-14,16,23H,15H2,1-5H3,(H,24,26). The van der Waals surface area contributed by atoms with Gasteiger partial charge in [-0.15, -0.1) is 0 Å². The van der Waals surface area contributed by atoms with Crippen molar-refractivity contribution >= 4 is 17.7 Å². The van der Waals surface area contributed by atoms with Gasteiger partial charge in [0.05, 0.1) is 5.69 Å². The molecule has 2 aromatic rings. The van der Waals surface area contributed by atoms with Crippen LogP contribution in [0, 0.1) is 0 Å². The Bertz CT molecular complexity index is 798. The fourth-order valence-corrected chi connectivity index (χ4v) is 2.55. The summed E-state index contributed by atoms with van der Waals surface area (Å²) < 4.78 is 5.52. The van der Waals surface area contributed by atoms with Crippen LogP contribution in [0.1, 0.15) is 50.5 Å². The molecule has 0 aliphatic carbocycles. The first-order valence-electron chi connectivity index (χ1n) is 9.38. The molecule has 0 saturated heterocycles. The predicted molar refractivity (Wildman–Crippen MR) is 111 cm³/mol. The Hall–Kier alpha value is -2.86. The van der Waals surface area contributed by atoms with E-state index in [0.29, 0.717) is 11.3 Å². The van der Waals surface area contributed by atoms with E-state index in [0.717, 1.165) is 5.56 Å². The summed E-state index contributed by atoms with van der Waals surface area (Å²) in [6.07, 6.45) is -0.511. The quantitative estimate of drug-likeness (QED) is 0.731. The first-order chi connectivity index (χ1) is 13.2. The maximum absolute atomic E-state index is 12.7. The van der Waals surface area contributed by atoms with Crippen molar-refractivity contribution < 1.29 is 14.3 Å². The minimum atomic E-state index is -0.624. The van der Waals surface area contributed by atoms with Crippen LogP contribution in [-0.2, 0) is 11.3 Å². The zero-order valence-corrected chi connectivity index (χ0v) is 17.2. The number of carbonyl (C=O) groups excluding carboxylic acids is 2. The fourth-order valence-electron chi connectivity index (χ4n) is 2.55. The summed E-state index contributed by atoms with van der Waals surface area (Å²) in [6.45, 7) is 9.57. The van der Waals surface area contributed by atoms with Crippen LogP contribution in [0.5, 0.6) is 0 Å². The lowest BCUT2D eigenvalue weighted by Crippen LogP contribution is -2.45. The molecule has 0 spiro atoms. The van der Waals surface area contributed by atoms with Crippen LogP contribution in [0.15, 0.2) is 54.6 Å². The normalized spacial score (nSPS) is 11.2. The molecular formula is C22H29N3O3. The van der Waals surface area contributed by atoms with Crippen LogP contribution >= 0.6 is 0 Å². The smallest absolute Gasteiger partial charge is 0.429 e. The second-order valence-corrected chi connectivity index (χ2v) is 7.77. The Labute approximate surface area is 166 Å². The highest BCUT2D eigenvalue weighted by molar-refractivity contribution is 5.95. The van der Waals surface area contributed by atoms with Gasteiger partial charge in [-0.2, -0.15) is 0 Å². The minimum absolute atomic E-state index is 0.0381. The molecule has 0 aromatic heterocycles. The molecule has 0 heterocycles. The van der Waals surface area contributed by atoms with Gasteiger partial charge in [0.15, 0.2) is 0 Å². The zero-order valence-electron chi connectivity index (χ0n) is 17.2. The van der Waals surface area contributed by atoms with E-state index in [2.05, 4.69) is 10.7 Å². The lowest BCUT2D eigenvalue weighted by atomic mass is 10.1. The third kappa shape index (κ3) is 6.39. The molecule has 2 rings (SSSR count). The van der Waals surface area contributed by atoms with Crippen LogP contribution in [0.2, 0.25) is 0 Å². The van der Waals surface area contributed by atoms with Gasteiger partial charge in [-0.25, -0.2) is 15.2 Å². The maximum atomic E-state index is 12.7. The third-order valence-corrected chi connectivity index (χ3v) is 3.70. The third-order valence-electron chi connectivity index (χ3n) is 3.70. The Kier molecular flexibility index (Phi) is 7.18. The van der Waals surface area contributed by atoms with Gasteiger partial charge in [-0.05, 0) is 58.4 Å². The van der Waals surface area contributed by atoms with Gasteiger partial charge in [0.1, 0.15) is 5.60 Å². The lowest BCUT2D eigenvalue weighted by molar-refractivity contribution is 0.0560. The number of nitrogens with one attached hydrogen (secondary N) is 2. The number of anilines is 1. The summed E-state index contributed by atoms with van der Waals surface area (Å²) in [7, 11) is 0. The second-order valence-electron chi connectivity index (χ2n) is 7.77. The van der Waals surface area contributed by atoms with Gasteiger partial charge in [-0.1, -0.05) is 36.4 Å². The predicted octanol–water partition coefficient (Wildman–Crippen LogP) is 4.27. The van der Waals surface area contributed by atoms with Crippen LogP contribution in [0.3, 0.4) is 0 Å². The maximum Gasteiger partial charge on any atom is 0.429 e. The Morgan fingerprint density at radius 1 is 1.00 bits per heavy atom. The van der Waals surface area contributed by atoms with E-state index in [1.807, 2.05) is 83.1 Å². The Balaban J connectivity index is 2.22. The monoisotopic (exact) mass is 383 g/mol. The number of rotatable bonds is 6. The van der Waals surface area contributed by atoms with Crippen molar-refractivity contribution in [2.45, 2.75) is 52.8 Å². The van der Waals surface area contributed by atoms with Gasteiger partial charge < -0.3 is 10.1 Å². The van der Waals surface area contributed by atoms with E-state index in [1.54, 1.807) is 6.07 Å². The van der Waals surface area contributed by atoms with Gasteiger partial charge in [0.25, 0.3) is 5.91 Å². The van der Waals surface area contributed by atoms with Crippen molar-refractivity contribution in [2.75, 3.05) is 5.01 Å². The summed E-state index contributed by atoms with van der Waals surface area (Å²) in [5, 5.41) is 4.26. The summed E-state index contributed by atoms with van der Waals surface area (Å²) in [6, 6.07) is 16.6. The molecule has 0 unspecified atom stereocenters. The van der Waals surface area contributed by atoms with Crippen molar-refractivity contribution in [3.8, 4) is 0 Å². The number of hydrogen-bond acceptors (Lipinski definition) is 4. The molecule has 0 saturated carbocycles. The molecule has 28 heavy (non-hydrogen) atoms. The number of carbonyl (C=O) groups is 2. The number of benzene rings is 2. The number of hydrazine groups is 1. The molecular weight excluding hydrogens is 354 g/mol. The summed E-state index contributed by atoms with van der Waals surface area (Å²) in [5.74, 6) is -0.143. The minimum Gasteiger partial charge on any atom is -0.442 e. The van der Waals surface area contributed by atoms with E-state index in [4.69, 9.17) is 4.74 Å². The molecule has 6 heteroatoms. The Morgan fingerprint density at radius 2 is 1.61 bits per heavy atom. The van der Waals surface area contributed by atoms with Crippen molar-refractivity contribution in [3.05, 3.63) is 65.7 Å². The van der Waals surface area contributed by atoms with E-state index in [9.17, 15) is 9.59 Å². The van der Waals surface area contributed by atoms with E-state index >= 15 is 0 Å². The fraction of sp³-hybridized carbons (Fsp3) is 0.364. The molecule has 2 N–H and O–H groups in total. The highest BCUT2D eigenvalue weighted by Gasteiger charge is 2.24. The van der Waals surface area contributed by atoms with Crippen LogP contribution < -0.4 is 15.8 Å². The topological polar surface area (TPSA) is 70.7 Å². The van der Waals surface area contributed by atoms with Crippen molar-refractivity contribution in [3.63, 3.8) is 0 Å². The molecule has 0 bridgehead atoms. The average Bonchev–Trinajstić information content (AvgIpc) is 2.61. The average molecular weight is 383 g/mol. The molecule has 0 radical (unpaired) electrons. The summed E-state index contributed by atoms with van der Waals surface area (Å²) in [5.41, 5.74) is 4.48. The van der Waals surface area contributed by atoms with Gasteiger partial charge in [0, 0.05) is 18.2 Å². The van der Waals surface area contributed by atoms with Crippen molar-refractivity contribution in [1.29, 1.82) is 0 Å². The molecule has 0 aliphatic rings. The molecule has 0 atom stereocenters. The zero-order chi connectivity index (χ0) is 20.7. The second kappa shape index (κ2) is 9.37. The number of ether oxygens (including phenoxy) is 1. The van der Waals surface area contributed by atoms with Crippen LogP contribution in [-0.4, -0.2) is 23.6 Å². The van der Waals surface area contributed by atoms with Crippen LogP contribution in [0.4, 0.5) is 10.5 Å². The summed E-state index contributed by atoms with van der Waals surface area (Å²) >= 11 is 0. The van der Waals surface area contributed by atoms with Gasteiger partial charge in [-0.3, -0.25) is 4.79 Å². The lowest BCUT2D eigenvalue weighted by Gasteiger charge is -2.28. The highest BCUT2D eigenvalue weighted by atomic mass is 16.6. The number of hydrogen-bond donors (Lipinski definition) is 2. The SMILES string of the molecule is CC(C)NC(=O)c1ccccc1CNN(C(=O)OC(C)(C)C)c1ccccc1. The Morgan fingerprint density at radius 3 is 2.21 bits per heavy atom. The van der Waals surface area contributed by atoms with Gasteiger partial charge in [0.2, 0.25) is 0 Å². The largest absolute Gasteiger partial charge is 0.442 e. The van der Waals surface area contributed by atoms with Crippen molar-refractivity contribution in [2.24, 2.45) is 0 Å². The summed E-state index contributed by atoms with van der Waals surface area (Å²) in [4.78, 5) is 25.2. The van der Waals surface area contributed by atoms with Gasteiger partial charge >= 0.3 is 6.09 Å². The molecule has 2 aromatic carbocycles. The number of amides is 2.